The maximum absolute atomic E-state index is 12.4. The molecule has 4 heterocycles. The molecule has 0 spiro atoms. The summed E-state index contributed by atoms with van der Waals surface area (Å²) in [6.07, 6.45) is -0.521. The fourth-order valence-corrected chi connectivity index (χ4v) is 3.83. The number of aryl methyl sites for hydroxylation is 1. The van der Waals surface area contributed by atoms with Crippen molar-refractivity contribution in [1.82, 2.24) is 25.3 Å². The Morgan fingerprint density at radius 3 is 2.60 bits per heavy atom. The van der Waals surface area contributed by atoms with E-state index in [0.29, 0.717) is 37.8 Å². The van der Waals surface area contributed by atoms with Gasteiger partial charge in [-0.1, -0.05) is 11.2 Å². The van der Waals surface area contributed by atoms with Crippen molar-refractivity contribution in [2.45, 2.75) is 51.1 Å². The van der Waals surface area contributed by atoms with Crippen LogP contribution in [0.25, 0.3) is 0 Å². The van der Waals surface area contributed by atoms with E-state index < -0.39 is 12.1 Å². The number of ether oxygens (including phenoxy) is 1. The lowest BCUT2D eigenvalue weighted by atomic mass is 10.0. The lowest BCUT2D eigenvalue weighted by Crippen LogP contribution is -2.33. The number of aromatic nitrogens is 3. The van der Waals surface area contributed by atoms with Gasteiger partial charge in [0, 0.05) is 37.9 Å². The van der Waals surface area contributed by atoms with Crippen molar-refractivity contribution in [1.29, 1.82) is 0 Å². The van der Waals surface area contributed by atoms with Gasteiger partial charge in [0.25, 0.3) is 0 Å². The molecule has 14 heteroatoms. The number of likely N-dealkylation sites (tertiary alicyclic amines) is 1. The van der Waals surface area contributed by atoms with Crippen molar-refractivity contribution in [3.63, 3.8) is 0 Å². The van der Waals surface area contributed by atoms with E-state index in [9.17, 15) is 22.8 Å². The molecule has 0 aliphatic carbocycles. The number of carboxylic acids is 1. The standard InChI is InChI=1S/C19H23N5O4.C2HF3O2/c1-12-22-18(28-23-12)7-19(26)24-10-14-5-15(27-16(14)11-24)6-17(25)21-9-13-3-2-4-20-8-13;3-2(4,5)1(6)7/h2-4,8,14-16H,5-7,9-11H2,1H3,(H,21,25);(H,6,7)/t14-,15-,16+;/m0./s1. The molecule has 11 nitrogen and oxygen atoms in total. The van der Waals surface area contributed by atoms with Crippen LogP contribution >= 0.6 is 0 Å². The van der Waals surface area contributed by atoms with Gasteiger partial charge in [-0.15, -0.1) is 0 Å². The normalized spacial score (nSPS) is 21.1. The smallest absolute Gasteiger partial charge is 0.475 e. The summed E-state index contributed by atoms with van der Waals surface area (Å²) in [4.78, 5) is 43.4. The Hall–Kier alpha value is -3.55. The highest BCUT2D eigenvalue weighted by Crippen LogP contribution is 2.34. The van der Waals surface area contributed by atoms with Gasteiger partial charge in [0.2, 0.25) is 17.7 Å². The number of nitrogens with zero attached hydrogens (tertiary/aromatic N) is 4. The lowest BCUT2D eigenvalue weighted by Gasteiger charge is -2.18. The van der Waals surface area contributed by atoms with Gasteiger partial charge in [-0.25, -0.2) is 4.79 Å². The zero-order valence-electron chi connectivity index (χ0n) is 18.7. The van der Waals surface area contributed by atoms with Gasteiger partial charge in [0.1, 0.15) is 6.42 Å². The third kappa shape index (κ3) is 7.73. The number of aliphatic carboxylic acids is 1. The van der Waals surface area contributed by atoms with E-state index in [1.165, 1.54) is 0 Å². The number of alkyl halides is 3. The average molecular weight is 499 g/mol. The van der Waals surface area contributed by atoms with Crippen LogP contribution in [-0.4, -0.2) is 74.4 Å². The molecule has 0 bridgehead atoms. The topological polar surface area (TPSA) is 148 Å². The molecule has 35 heavy (non-hydrogen) atoms. The molecule has 0 saturated carbocycles. The van der Waals surface area contributed by atoms with Gasteiger partial charge in [0.05, 0.1) is 18.6 Å². The van der Waals surface area contributed by atoms with Crippen LogP contribution in [0, 0.1) is 12.8 Å². The Balaban J connectivity index is 0.000000429. The fourth-order valence-electron chi connectivity index (χ4n) is 3.83. The molecule has 2 aliphatic rings. The Kier molecular flexibility index (Phi) is 8.38. The summed E-state index contributed by atoms with van der Waals surface area (Å²) in [7, 11) is 0. The zero-order valence-corrected chi connectivity index (χ0v) is 18.7. The van der Waals surface area contributed by atoms with Crippen molar-refractivity contribution in [3.8, 4) is 0 Å². The second kappa shape index (κ2) is 11.3. The number of pyridine rings is 1. The van der Waals surface area contributed by atoms with Crippen molar-refractivity contribution >= 4 is 17.8 Å². The third-order valence-corrected chi connectivity index (χ3v) is 5.41. The average Bonchev–Trinajstić information content (AvgIpc) is 3.47. The SMILES string of the molecule is Cc1noc(CC(=O)N2C[C@@H]3C[C@@H](CC(=O)NCc4cccnc4)O[C@@H]3C2)n1.O=C(O)C(F)(F)F. The van der Waals surface area contributed by atoms with Gasteiger partial charge in [-0.2, -0.15) is 18.2 Å². The monoisotopic (exact) mass is 499 g/mol. The van der Waals surface area contributed by atoms with Crippen molar-refractivity contribution in [2.24, 2.45) is 5.92 Å². The number of carboxylic acid groups (broad SMARTS) is 1. The number of amides is 2. The molecule has 0 aromatic carbocycles. The number of halogens is 3. The molecule has 190 valence electrons. The highest BCUT2D eigenvalue weighted by molar-refractivity contribution is 5.78. The van der Waals surface area contributed by atoms with Crippen LogP contribution in [0.15, 0.2) is 29.0 Å². The molecule has 2 aromatic heterocycles. The lowest BCUT2D eigenvalue weighted by molar-refractivity contribution is -0.192. The minimum Gasteiger partial charge on any atom is -0.475 e. The summed E-state index contributed by atoms with van der Waals surface area (Å²) in [6, 6.07) is 3.76. The maximum atomic E-state index is 12.4. The largest absolute Gasteiger partial charge is 0.490 e. The maximum Gasteiger partial charge on any atom is 0.490 e. The molecule has 3 atom stereocenters. The molecule has 4 rings (SSSR count). The first-order valence-electron chi connectivity index (χ1n) is 10.7. The second-order valence-corrected chi connectivity index (χ2v) is 8.15. The minimum absolute atomic E-state index is 0.00973. The van der Waals surface area contributed by atoms with Gasteiger partial charge >= 0.3 is 12.1 Å². The van der Waals surface area contributed by atoms with Crippen LogP contribution in [0.1, 0.15) is 30.1 Å². The molecular weight excluding hydrogens is 475 g/mol. The van der Waals surface area contributed by atoms with Crippen molar-refractivity contribution < 1.29 is 41.9 Å². The summed E-state index contributed by atoms with van der Waals surface area (Å²) in [5, 5.41) is 13.7. The van der Waals surface area contributed by atoms with E-state index in [4.69, 9.17) is 19.2 Å². The number of hydrogen-bond donors (Lipinski definition) is 2. The first-order valence-corrected chi connectivity index (χ1v) is 10.7. The second-order valence-electron chi connectivity index (χ2n) is 8.15. The number of nitrogens with one attached hydrogen (secondary N) is 1. The molecule has 2 fully saturated rings. The molecule has 0 radical (unpaired) electrons. The number of carbonyl (C=O) groups excluding carboxylic acids is 2. The minimum atomic E-state index is -5.08. The van der Waals surface area contributed by atoms with Gasteiger partial charge in [-0.3, -0.25) is 14.6 Å². The van der Waals surface area contributed by atoms with Crippen LogP contribution in [-0.2, 0) is 32.1 Å². The predicted molar refractivity (Wildman–Crippen MR) is 110 cm³/mol. The number of rotatable bonds is 6. The predicted octanol–water partition coefficient (Wildman–Crippen LogP) is 1.27. The Morgan fingerprint density at radius 1 is 1.29 bits per heavy atom. The van der Waals surface area contributed by atoms with Gasteiger partial charge < -0.3 is 24.6 Å². The van der Waals surface area contributed by atoms with Crippen LogP contribution in [0.3, 0.4) is 0 Å². The zero-order chi connectivity index (χ0) is 25.6. The van der Waals surface area contributed by atoms with Gasteiger partial charge in [0.15, 0.2) is 5.82 Å². The summed E-state index contributed by atoms with van der Waals surface area (Å²) < 4.78 is 42.8. The highest BCUT2D eigenvalue weighted by atomic mass is 19.4. The van der Waals surface area contributed by atoms with E-state index in [2.05, 4.69) is 20.4 Å². The molecule has 2 aliphatic heterocycles. The summed E-state index contributed by atoms with van der Waals surface area (Å²) in [5.74, 6) is -1.70. The van der Waals surface area contributed by atoms with Crippen LogP contribution < -0.4 is 5.32 Å². The van der Waals surface area contributed by atoms with E-state index in [1.807, 2.05) is 12.1 Å². The molecule has 2 saturated heterocycles. The van der Waals surface area contributed by atoms with Crippen molar-refractivity contribution in [2.75, 3.05) is 13.1 Å². The summed E-state index contributed by atoms with van der Waals surface area (Å²) in [6.45, 7) is 3.37. The Bertz CT molecular complexity index is 1020. The number of hydrogen-bond acceptors (Lipinski definition) is 8. The molecule has 2 aromatic rings. The van der Waals surface area contributed by atoms with E-state index in [-0.39, 0.29) is 36.4 Å². The quantitative estimate of drug-likeness (QED) is 0.599. The third-order valence-electron chi connectivity index (χ3n) is 5.41. The summed E-state index contributed by atoms with van der Waals surface area (Å²) in [5.41, 5.74) is 0.964. The number of carbonyl (C=O) groups is 3. The van der Waals surface area contributed by atoms with E-state index in [1.54, 1.807) is 24.2 Å². The molecule has 2 N–H and O–H groups in total. The first kappa shape index (κ1) is 26.1. The first-order chi connectivity index (χ1) is 16.5. The van der Waals surface area contributed by atoms with Crippen molar-refractivity contribution in [3.05, 3.63) is 41.8 Å². The van der Waals surface area contributed by atoms with Crippen LogP contribution in [0.2, 0.25) is 0 Å². The Morgan fingerprint density at radius 2 is 2.03 bits per heavy atom. The molecular formula is C21H24F3N5O6. The molecule has 2 amide bonds. The van der Waals surface area contributed by atoms with Gasteiger partial charge in [-0.05, 0) is 25.0 Å². The van der Waals surface area contributed by atoms with E-state index >= 15 is 0 Å². The fraction of sp³-hybridized carbons (Fsp3) is 0.524. The van der Waals surface area contributed by atoms with Crippen LogP contribution in [0.5, 0.6) is 0 Å². The van der Waals surface area contributed by atoms with E-state index in [0.717, 1.165) is 12.0 Å². The summed E-state index contributed by atoms with van der Waals surface area (Å²) >= 11 is 0. The Labute approximate surface area is 197 Å². The highest BCUT2D eigenvalue weighted by Gasteiger charge is 2.44. The van der Waals surface area contributed by atoms with Crippen LogP contribution in [0.4, 0.5) is 13.2 Å². The number of fused-ring (bicyclic) bond motifs is 1. The molecule has 0 unspecified atom stereocenters.